The van der Waals surface area contributed by atoms with E-state index in [9.17, 15) is 29.4 Å². The molecule has 0 saturated heterocycles. The van der Waals surface area contributed by atoms with Gasteiger partial charge in [0.25, 0.3) is 0 Å². The number of aliphatic carboxylic acids is 1. The highest BCUT2D eigenvalue weighted by atomic mass is 16.4. The lowest BCUT2D eigenvalue weighted by Crippen LogP contribution is -2.57. The molecule has 3 aromatic rings. The van der Waals surface area contributed by atoms with E-state index in [1.54, 1.807) is 18.3 Å². The number of nitrogens with two attached hydrogens (primary N) is 3. The summed E-state index contributed by atoms with van der Waals surface area (Å²) in [4.78, 5) is 58.2. The number of hydrogen-bond acceptors (Lipinski definition) is 7. The Morgan fingerprint density at radius 1 is 0.907 bits per heavy atom. The number of benzene rings is 2. The molecule has 0 aliphatic heterocycles. The summed E-state index contributed by atoms with van der Waals surface area (Å²) >= 11 is 0. The highest BCUT2D eigenvalue weighted by molar-refractivity contribution is 5.94. The van der Waals surface area contributed by atoms with E-state index in [-0.39, 0.29) is 37.5 Å². The van der Waals surface area contributed by atoms with E-state index < -0.39 is 47.9 Å². The molecule has 230 valence electrons. The van der Waals surface area contributed by atoms with Crippen molar-refractivity contribution in [3.8, 4) is 5.75 Å². The van der Waals surface area contributed by atoms with E-state index in [2.05, 4.69) is 25.9 Å². The van der Waals surface area contributed by atoms with Crippen LogP contribution in [0.1, 0.15) is 30.9 Å². The SMILES string of the molecule is CC(NC(=O)C(Cc1c[nH]c2ccccc12)NC(=O)C(CCCN=C(N)N)NC(=O)C(N)Cc1ccc(O)cc1)C(=O)O. The number of carbonyl (C=O) groups is 4. The number of carbonyl (C=O) groups excluding carboxylic acids is 3. The summed E-state index contributed by atoms with van der Waals surface area (Å²) in [6.07, 6.45) is 2.34. The van der Waals surface area contributed by atoms with Crippen LogP contribution in [0.3, 0.4) is 0 Å². The molecule has 0 saturated carbocycles. The van der Waals surface area contributed by atoms with Gasteiger partial charge >= 0.3 is 5.97 Å². The van der Waals surface area contributed by atoms with Crippen LogP contribution in [0.25, 0.3) is 10.9 Å². The number of guanidine groups is 1. The van der Waals surface area contributed by atoms with Crippen molar-refractivity contribution in [1.29, 1.82) is 0 Å². The quantitative estimate of drug-likeness (QED) is 0.0629. The molecule has 1 aromatic heterocycles. The largest absolute Gasteiger partial charge is 0.508 e. The molecule has 0 aliphatic rings. The molecule has 3 amide bonds. The van der Waals surface area contributed by atoms with Crippen LogP contribution in [0.15, 0.2) is 59.7 Å². The van der Waals surface area contributed by atoms with E-state index in [0.717, 1.165) is 16.5 Å². The number of phenols is 1. The highest BCUT2D eigenvalue weighted by Gasteiger charge is 2.30. The predicted molar refractivity (Wildman–Crippen MR) is 161 cm³/mol. The van der Waals surface area contributed by atoms with Gasteiger partial charge < -0.3 is 48.3 Å². The molecule has 3 rings (SSSR count). The fraction of sp³-hybridized carbons (Fsp3) is 0.345. The molecule has 4 unspecified atom stereocenters. The fourth-order valence-corrected chi connectivity index (χ4v) is 4.41. The van der Waals surface area contributed by atoms with Crippen molar-refractivity contribution in [3.05, 3.63) is 65.9 Å². The van der Waals surface area contributed by atoms with Gasteiger partial charge in [-0.3, -0.25) is 24.2 Å². The van der Waals surface area contributed by atoms with Gasteiger partial charge in [0, 0.05) is 30.1 Å². The number of phenolic OH excluding ortho intramolecular Hbond substituents is 1. The Morgan fingerprint density at radius 3 is 2.23 bits per heavy atom. The summed E-state index contributed by atoms with van der Waals surface area (Å²) < 4.78 is 0. The van der Waals surface area contributed by atoms with Gasteiger partial charge in [-0.2, -0.15) is 0 Å². The molecular formula is C29H38N8O6. The number of H-pyrrole nitrogens is 1. The van der Waals surface area contributed by atoms with Gasteiger partial charge in [0.1, 0.15) is 23.9 Å². The third-order valence-corrected chi connectivity index (χ3v) is 6.77. The zero-order chi connectivity index (χ0) is 31.5. The Balaban J connectivity index is 1.80. The maximum atomic E-state index is 13.6. The Morgan fingerprint density at radius 2 is 1.56 bits per heavy atom. The Hall–Kier alpha value is -5.11. The highest BCUT2D eigenvalue weighted by Crippen LogP contribution is 2.19. The van der Waals surface area contributed by atoms with E-state index in [1.807, 2.05) is 24.3 Å². The van der Waals surface area contributed by atoms with Crippen LogP contribution >= 0.6 is 0 Å². The van der Waals surface area contributed by atoms with E-state index >= 15 is 0 Å². The maximum absolute atomic E-state index is 13.6. The average molecular weight is 595 g/mol. The molecule has 12 N–H and O–H groups in total. The topological polar surface area (TPSA) is 251 Å². The van der Waals surface area contributed by atoms with Crippen molar-refractivity contribution in [3.63, 3.8) is 0 Å². The molecule has 0 radical (unpaired) electrons. The lowest BCUT2D eigenvalue weighted by atomic mass is 10.0. The smallest absolute Gasteiger partial charge is 0.325 e. The Kier molecular flexibility index (Phi) is 11.5. The summed E-state index contributed by atoms with van der Waals surface area (Å²) in [6, 6.07) is 9.13. The number of carboxylic acid groups (broad SMARTS) is 1. The van der Waals surface area contributed by atoms with E-state index in [0.29, 0.717) is 12.0 Å². The number of aliphatic imine (C=N–C) groups is 1. The molecule has 4 atom stereocenters. The second kappa shape index (κ2) is 15.2. The van der Waals surface area contributed by atoms with Crippen molar-refractivity contribution in [1.82, 2.24) is 20.9 Å². The van der Waals surface area contributed by atoms with Crippen LogP contribution in [0, 0.1) is 0 Å². The minimum atomic E-state index is -1.24. The molecule has 2 aromatic carbocycles. The summed E-state index contributed by atoms with van der Waals surface area (Å²) in [5.41, 5.74) is 19.2. The third-order valence-electron chi connectivity index (χ3n) is 6.77. The average Bonchev–Trinajstić information content (AvgIpc) is 3.37. The number of aromatic amines is 1. The monoisotopic (exact) mass is 594 g/mol. The molecule has 0 fully saturated rings. The van der Waals surface area contributed by atoms with E-state index in [1.165, 1.54) is 19.1 Å². The number of aromatic nitrogens is 1. The zero-order valence-corrected chi connectivity index (χ0v) is 23.7. The van der Waals surface area contributed by atoms with Crippen molar-refractivity contribution in [2.75, 3.05) is 6.54 Å². The first-order chi connectivity index (χ1) is 20.4. The number of fused-ring (bicyclic) bond motifs is 1. The summed E-state index contributed by atoms with van der Waals surface area (Å²) in [5, 5.41) is 27.4. The molecule has 1 heterocycles. The van der Waals surface area contributed by atoms with Crippen LogP contribution in [0.4, 0.5) is 0 Å². The van der Waals surface area contributed by atoms with Crippen LogP contribution < -0.4 is 33.2 Å². The fourth-order valence-electron chi connectivity index (χ4n) is 4.41. The predicted octanol–water partition coefficient (Wildman–Crippen LogP) is -0.401. The van der Waals surface area contributed by atoms with Gasteiger partial charge in [-0.25, -0.2) is 0 Å². The van der Waals surface area contributed by atoms with Crippen molar-refractivity contribution in [2.24, 2.45) is 22.2 Å². The Bertz CT molecular complexity index is 1450. The minimum absolute atomic E-state index is 0.0446. The lowest BCUT2D eigenvalue weighted by molar-refractivity contribution is -0.141. The number of aromatic hydroxyl groups is 1. The second-order valence-corrected chi connectivity index (χ2v) is 10.2. The molecule has 0 aliphatic carbocycles. The van der Waals surface area contributed by atoms with E-state index in [4.69, 9.17) is 17.2 Å². The number of amides is 3. The first-order valence-electron chi connectivity index (χ1n) is 13.7. The first-order valence-corrected chi connectivity index (χ1v) is 13.7. The summed E-state index contributed by atoms with van der Waals surface area (Å²) in [5.74, 6) is -3.27. The van der Waals surface area contributed by atoms with Crippen molar-refractivity contribution in [2.45, 2.75) is 56.8 Å². The van der Waals surface area contributed by atoms with Gasteiger partial charge in [0.15, 0.2) is 5.96 Å². The second-order valence-electron chi connectivity index (χ2n) is 10.2. The zero-order valence-electron chi connectivity index (χ0n) is 23.7. The molecule has 14 heteroatoms. The third kappa shape index (κ3) is 9.74. The van der Waals surface area contributed by atoms with Gasteiger partial charge in [-0.05, 0) is 55.5 Å². The molecule has 14 nitrogen and oxygen atoms in total. The van der Waals surface area contributed by atoms with Gasteiger partial charge in [-0.15, -0.1) is 0 Å². The number of nitrogens with zero attached hydrogens (tertiary/aromatic N) is 1. The van der Waals surface area contributed by atoms with Crippen molar-refractivity contribution < 1.29 is 29.4 Å². The number of carboxylic acids is 1. The number of para-hydroxylation sites is 1. The van der Waals surface area contributed by atoms with Crippen LogP contribution in [0.2, 0.25) is 0 Å². The maximum Gasteiger partial charge on any atom is 0.325 e. The number of nitrogens with one attached hydrogen (secondary N) is 4. The number of hydrogen-bond donors (Lipinski definition) is 9. The first kappa shape index (κ1) is 32.4. The van der Waals surface area contributed by atoms with Crippen LogP contribution in [0.5, 0.6) is 5.75 Å². The molecule has 0 bridgehead atoms. The van der Waals surface area contributed by atoms with Gasteiger partial charge in [-0.1, -0.05) is 30.3 Å². The lowest BCUT2D eigenvalue weighted by Gasteiger charge is -2.25. The van der Waals surface area contributed by atoms with Gasteiger partial charge in [0.2, 0.25) is 17.7 Å². The van der Waals surface area contributed by atoms with Gasteiger partial charge in [0.05, 0.1) is 6.04 Å². The number of rotatable bonds is 15. The molecule has 0 spiro atoms. The molecular weight excluding hydrogens is 556 g/mol. The Labute approximate surface area is 248 Å². The standard InChI is InChI=1S/C29H38N8O6/c1-16(28(42)43)35-27(41)24(14-18-15-34-22-6-3-2-5-20(18)22)37-26(40)23(7-4-12-33-29(31)32)36-25(39)21(30)13-17-8-10-19(38)11-9-17/h2-3,5-6,8-11,15-16,21,23-24,34,38H,4,7,12-14,30H2,1H3,(H,35,41)(H,36,39)(H,37,40)(H,42,43)(H4,31,32,33). The minimum Gasteiger partial charge on any atom is -0.508 e. The van der Waals surface area contributed by atoms with Crippen molar-refractivity contribution >= 4 is 40.6 Å². The van der Waals surface area contributed by atoms with Crippen LogP contribution in [-0.4, -0.2) is 75.6 Å². The summed E-state index contributed by atoms with van der Waals surface area (Å²) in [6.45, 7) is 1.50. The van der Waals surface area contributed by atoms with Crippen LogP contribution in [-0.2, 0) is 32.0 Å². The normalized spacial score (nSPS) is 13.7. The summed E-state index contributed by atoms with van der Waals surface area (Å²) in [7, 11) is 0. The molecule has 43 heavy (non-hydrogen) atoms.